The van der Waals surface area contributed by atoms with Crippen molar-refractivity contribution < 1.29 is 0 Å². The topological polar surface area (TPSA) is 42.2 Å². The van der Waals surface area contributed by atoms with Crippen LogP contribution in [-0.2, 0) is 0 Å². The number of rotatable bonds is 4. The molecule has 0 radical (unpaired) electrons. The van der Waals surface area contributed by atoms with Gasteiger partial charge in [0.05, 0.1) is 0 Å². The van der Waals surface area contributed by atoms with Crippen LogP contribution in [0.5, 0.6) is 0 Å². The number of hydrogen-bond donors (Lipinski definition) is 1. The van der Waals surface area contributed by atoms with Crippen LogP contribution in [0, 0.1) is 5.92 Å². The molecule has 0 aromatic carbocycles. The predicted molar refractivity (Wildman–Crippen MR) is 70.3 cm³/mol. The zero-order chi connectivity index (χ0) is 11.5. The quantitative estimate of drug-likeness (QED) is 0.904. The van der Waals surface area contributed by atoms with Crippen molar-refractivity contribution in [2.45, 2.75) is 32.2 Å². The zero-order valence-electron chi connectivity index (χ0n) is 9.53. The predicted octanol–water partition coefficient (Wildman–Crippen LogP) is 2.75. The Morgan fingerprint density at radius 3 is 3.00 bits per heavy atom. The van der Waals surface area contributed by atoms with Gasteiger partial charge in [-0.3, -0.25) is 0 Å². The Kier molecular flexibility index (Phi) is 4.05. The Balaban J connectivity index is 2.15. The van der Waals surface area contributed by atoms with Gasteiger partial charge in [-0.15, -0.1) is 11.3 Å². The number of anilines is 1. The molecule has 1 heterocycles. The van der Waals surface area contributed by atoms with Crippen LogP contribution in [0.3, 0.4) is 0 Å². The SMILES string of the molecule is CCN(c1nc(Cl)cs1)C1CCCC1CN. The molecule has 1 saturated carbocycles. The number of nitrogens with two attached hydrogens (primary N) is 1. The molecule has 0 spiro atoms. The molecule has 1 aliphatic carbocycles. The average Bonchev–Trinajstić information content (AvgIpc) is 2.89. The van der Waals surface area contributed by atoms with Gasteiger partial charge in [-0.05, 0) is 32.2 Å². The van der Waals surface area contributed by atoms with Crippen molar-refractivity contribution in [3.8, 4) is 0 Å². The number of nitrogens with zero attached hydrogens (tertiary/aromatic N) is 2. The maximum Gasteiger partial charge on any atom is 0.186 e. The summed E-state index contributed by atoms with van der Waals surface area (Å²) < 4.78 is 0. The highest BCUT2D eigenvalue weighted by molar-refractivity contribution is 7.14. The van der Waals surface area contributed by atoms with E-state index in [2.05, 4.69) is 16.8 Å². The van der Waals surface area contributed by atoms with Crippen molar-refractivity contribution in [2.75, 3.05) is 18.0 Å². The summed E-state index contributed by atoms with van der Waals surface area (Å²) >= 11 is 7.51. The lowest BCUT2D eigenvalue weighted by molar-refractivity contribution is 0.461. The molecular weight excluding hydrogens is 242 g/mol. The summed E-state index contributed by atoms with van der Waals surface area (Å²) in [5, 5.41) is 3.53. The summed E-state index contributed by atoms with van der Waals surface area (Å²) in [6, 6.07) is 0.553. The second-order valence-electron chi connectivity index (χ2n) is 4.23. The molecule has 3 nitrogen and oxygen atoms in total. The van der Waals surface area contributed by atoms with Crippen molar-refractivity contribution in [3.63, 3.8) is 0 Å². The fourth-order valence-corrected chi connectivity index (χ4v) is 3.66. The van der Waals surface area contributed by atoms with Crippen LogP contribution in [0.2, 0.25) is 5.15 Å². The minimum atomic E-state index is 0.553. The van der Waals surface area contributed by atoms with Gasteiger partial charge in [0.2, 0.25) is 0 Å². The lowest BCUT2D eigenvalue weighted by Gasteiger charge is -2.31. The summed E-state index contributed by atoms with van der Waals surface area (Å²) in [7, 11) is 0. The summed E-state index contributed by atoms with van der Waals surface area (Å²) in [6.45, 7) is 3.92. The third-order valence-corrected chi connectivity index (χ3v) is 4.57. The van der Waals surface area contributed by atoms with Gasteiger partial charge in [0.25, 0.3) is 0 Å². The fourth-order valence-electron chi connectivity index (χ4n) is 2.59. The van der Waals surface area contributed by atoms with Crippen LogP contribution < -0.4 is 10.6 Å². The fraction of sp³-hybridized carbons (Fsp3) is 0.727. The zero-order valence-corrected chi connectivity index (χ0v) is 11.1. The number of aromatic nitrogens is 1. The maximum absolute atomic E-state index is 5.89. The van der Waals surface area contributed by atoms with E-state index in [0.29, 0.717) is 17.1 Å². The molecule has 1 aliphatic rings. The van der Waals surface area contributed by atoms with Crippen molar-refractivity contribution >= 4 is 28.1 Å². The van der Waals surface area contributed by atoms with E-state index < -0.39 is 0 Å². The second kappa shape index (κ2) is 5.34. The first kappa shape index (κ1) is 12.1. The van der Waals surface area contributed by atoms with Crippen molar-refractivity contribution in [1.29, 1.82) is 0 Å². The summed E-state index contributed by atoms with van der Waals surface area (Å²) in [4.78, 5) is 6.73. The highest BCUT2D eigenvalue weighted by Gasteiger charge is 2.31. The van der Waals surface area contributed by atoms with Gasteiger partial charge in [-0.25, -0.2) is 4.98 Å². The van der Waals surface area contributed by atoms with Gasteiger partial charge in [-0.1, -0.05) is 18.0 Å². The Hall–Kier alpha value is -0.320. The standard InChI is InChI=1S/C11H18ClN3S/c1-2-15(11-14-10(12)7-16-11)9-5-3-4-8(9)6-13/h7-9H,2-6,13H2,1H3. The van der Waals surface area contributed by atoms with E-state index in [1.165, 1.54) is 19.3 Å². The summed E-state index contributed by atoms with van der Waals surface area (Å²) in [5.41, 5.74) is 5.83. The first-order valence-electron chi connectivity index (χ1n) is 5.84. The highest BCUT2D eigenvalue weighted by atomic mass is 35.5. The molecule has 1 aromatic rings. The monoisotopic (exact) mass is 259 g/mol. The highest BCUT2D eigenvalue weighted by Crippen LogP contribution is 2.34. The molecule has 2 N–H and O–H groups in total. The molecule has 0 bridgehead atoms. The largest absolute Gasteiger partial charge is 0.345 e. The summed E-state index contributed by atoms with van der Waals surface area (Å²) in [6.07, 6.45) is 3.76. The Labute approximate surface area is 106 Å². The molecule has 0 amide bonds. The van der Waals surface area contributed by atoms with Gasteiger partial charge in [0.1, 0.15) is 5.15 Å². The number of hydrogen-bond acceptors (Lipinski definition) is 4. The smallest absolute Gasteiger partial charge is 0.186 e. The van der Waals surface area contributed by atoms with Crippen molar-refractivity contribution in [2.24, 2.45) is 11.7 Å². The molecule has 2 rings (SSSR count). The van der Waals surface area contributed by atoms with E-state index in [1.807, 2.05) is 5.38 Å². The van der Waals surface area contributed by atoms with E-state index in [1.54, 1.807) is 11.3 Å². The van der Waals surface area contributed by atoms with Gasteiger partial charge in [-0.2, -0.15) is 0 Å². The molecule has 16 heavy (non-hydrogen) atoms. The van der Waals surface area contributed by atoms with E-state index >= 15 is 0 Å². The normalized spacial score (nSPS) is 24.9. The molecule has 1 aromatic heterocycles. The van der Waals surface area contributed by atoms with Crippen molar-refractivity contribution in [1.82, 2.24) is 4.98 Å². The molecular formula is C11H18ClN3S. The van der Waals surface area contributed by atoms with E-state index in [9.17, 15) is 0 Å². The second-order valence-corrected chi connectivity index (χ2v) is 5.46. The van der Waals surface area contributed by atoms with Gasteiger partial charge >= 0.3 is 0 Å². The number of thiazole rings is 1. The lowest BCUT2D eigenvalue weighted by Crippen LogP contribution is -2.40. The van der Waals surface area contributed by atoms with Gasteiger partial charge < -0.3 is 10.6 Å². The Morgan fingerprint density at radius 1 is 1.62 bits per heavy atom. The van der Waals surface area contributed by atoms with Gasteiger partial charge in [0.15, 0.2) is 5.13 Å². The molecule has 5 heteroatoms. The van der Waals surface area contributed by atoms with Crippen LogP contribution in [0.1, 0.15) is 26.2 Å². The molecule has 1 fully saturated rings. The Bertz CT molecular complexity index is 342. The van der Waals surface area contributed by atoms with E-state index in [0.717, 1.165) is 18.2 Å². The third-order valence-electron chi connectivity index (χ3n) is 3.37. The molecule has 0 aliphatic heterocycles. The van der Waals surface area contributed by atoms with E-state index in [4.69, 9.17) is 17.3 Å². The lowest BCUT2D eigenvalue weighted by atomic mass is 10.0. The number of halogens is 1. The Morgan fingerprint density at radius 2 is 2.44 bits per heavy atom. The van der Waals surface area contributed by atoms with Crippen molar-refractivity contribution in [3.05, 3.63) is 10.5 Å². The molecule has 2 atom stereocenters. The first-order valence-corrected chi connectivity index (χ1v) is 7.09. The van der Waals surface area contributed by atoms with Crippen LogP contribution in [0.25, 0.3) is 0 Å². The third kappa shape index (κ3) is 2.34. The van der Waals surface area contributed by atoms with E-state index in [-0.39, 0.29) is 0 Å². The average molecular weight is 260 g/mol. The molecule has 0 saturated heterocycles. The van der Waals surface area contributed by atoms with Crippen LogP contribution in [0.15, 0.2) is 5.38 Å². The first-order chi connectivity index (χ1) is 7.76. The van der Waals surface area contributed by atoms with Crippen LogP contribution in [0.4, 0.5) is 5.13 Å². The van der Waals surface area contributed by atoms with Crippen LogP contribution >= 0.6 is 22.9 Å². The minimum absolute atomic E-state index is 0.553. The summed E-state index contributed by atoms with van der Waals surface area (Å²) in [5.74, 6) is 0.614. The van der Waals surface area contributed by atoms with Crippen LogP contribution in [-0.4, -0.2) is 24.1 Å². The maximum atomic E-state index is 5.89. The molecule has 2 unspecified atom stereocenters. The van der Waals surface area contributed by atoms with Gasteiger partial charge in [0, 0.05) is 18.0 Å². The molecule has 90 valence electrons. The minimum Gasteiger partial charge on any atom is -0.345 e.